The van der Waals surface area contributed by atoms with E-state index in [4.69, 9.17) is 11.6 Å². The van der Waals surface area contributed by atoms with Gasteiger partial charge in [-0.2, -0.15) is 0 Å². The lowest BCUT2D eigenvalue weighted by atomic mass is 10.1. The number of amides is 1. The van der Waals surface area contributed by atoms with Crippen LogP contribution in [0.25, 0.3) is 17.1 Å². The molecule has 7 heteroatoms. The Bertz CT molecular complexity index is 1280. The molecule has 1 amide bonds. The Kier molecular flexibility index (Phi) is 5.94. The number of carbonyl (C=O) groups excluding carboxylic acids is 1. The maximum atomic E-state index is 13.0. The van der Waals surface area contributed by atoms with E-state index in [-0.39, 0.29) is 5.82 Å². The van der Waals surface area contributed by atoms with Gasteiger partial charge >= 0.3 is 0 Å². The Morgan fingerprint density at radius 2 is 1.74 bits per heavy atom. The predicted octanol–water partition coefficient (Wildman–Crippen LogP) is 6.53. The van der Waals surface area contributed by atoms with Crippen LogP contribution in [0.3, 0.4) is 0 Å². The Balaban J connectivity index is 1.78. The first-order valence-corrected chi connectivity index (χ1v) is 10.9. The second-order valence-electron chi connectivity index (χ2n) is 7.31. The smallest absolute Gasteiger partial charge is 0.295 e. The average molecular weight is 496 g/mol. The van der Waals surface area contributed by atoms with Gasteiger partial charge in [-0.1, -0.05) is 51.8 Å². The number of hydrogen-bond donors (Lipinski definition) is 1. The number of rotatable bonds is 4. The highest BCUT2D eigenvalue weighted by atomic mass is 79.9. The average Bonchev–Trinajstić information content (AvgIpc) is 3.19. The maximum Gasteiger partial charge on any atom is 0.295 e. The molecule has 0 saturated carbocycles. The van der Waals surface area contributed by atoms with Crippen molar-refractivity contribution in [3.63, 3.8) is 0 Å². The highest BCUT2D eigenvalue weighted by Crippen LogP contribution is 2.26. The van der Waals surface area contributed by atoms with Gasteiger partial charge in [-0.05, 0) is 73.9 Å². The van der Waals surface area contributed by atoms with Crippen molar-refractivity contribution in [2.75, 3.05) is 5.32 Å². The predicted molar refractivity (Wildman–Crippen MR) is 128 cm³/mol. The van der Waals surface area contributed by atoms with Crippen molar-refractivity contribution in [1.82, 2.24) is 14.8 Å². The molecule has 0 fully saturated rings. The molecule has 31 heavy (non-hydrogen) atoms. The lowest BCUT2D eigenvalue weighted by molar-refractivity contribution is 0.101. The van der Waals surface area contributed by atoms with Crippen LogP contribution >= 0.6 is 27.5 Å². The zero-order valence-corrected chi connectivity index (χ0v) is 19.6. The summed E-state index contributed by atoms with van der Waals surface area (Å²) < 4.78 is 2.66. The van der Waals surface area contributed by atoms with E-state index in [2.05, 4.69) is 38.3 Å². The van der Waals surface area contributed by atoms with Gasteiger partial charge < -0.3 is 5.32 Å². The number of halogens is 2. The van der Waals surface area contributed by atoms with Crippen LogP contribution in [0, 0.1) is 20.8 Å². The molecule has 0 saturated heterocycles. The summed E-state index contributed by atoms with van der Waals surface area (Å²) in [5.41, 5.74) is 5.43. The van der Waals surface area contributed by atoms with Gasteiger partial charge in [-0.25, -0.2) is 9.67 Å². The second-order valence-corrected chi connectivity index (χ2v) is 8.64. The van der Waals surface area contributed by atoms with Crippen molar-refractivity contribution in [3.05, 3.63) is 92.7 Å². The van der Waals surface area contributed by atoms with Crippen LogP contribution in [0.2, 0.25) is 5.02 Å². The van der Waals surface area contributed by atoms with E-state index in [1.54, 1.807) is 22.9 Å². The van der Waals surface area contributed by atoms with Crippen LogP contribution in [0.1, 0.15) is 27.3 Å². The number of anilines is 1. The van der Waals surface area contributed by atoms with Gasteiger partial charge in [0, 0.05) is 20.7 Å². The van der Waals surface area contributed by atoms with Crippen molar-refractivity contribution >= 4 is 39.1 Å². The van der Waals surface area contributed by atoms with Gasteiger partial charge in [0.05, 0.1) is 5.69 Å². The molecule has 4 aromatic rings. The second kappa shape index (κ2) is 8.65. The summed E-state index contributed by atoms with van der Waals surface area (Å²) in [5.74, 6) is 0.269. The summed E-state index contributed by atoms with van der Waals surface area (Å²) >= 11 is 9.64. The molecule has 1 heterocycles. The van der Waals surface area contributed by atoms with Crippen molar-refractivity contribution < 1.29 is 4.79 Å². The molecule has 156 valence electrons. The zero-order chi connectivity index (χ0) is 22.1. The highest BCUT2D eigenvalue weighted by Gasteiger charge is 2.20. The van der Waals surface area contributed by atoms with E-state index in [1.165, 1.54) is 5.56 Å². The first kappa shape index (κ1) is 21.3. The molecule has 0 spiro atoms. The van der Waals surface area contributed by atoms with E-state index >= 15 is 0 Å². The summed E-state index contributed by atoms with van der Waals surface area (Å²) in [4.78, 5) is 17.6. The summed E-state index contributed by atoms with van der Waals surface area (Å²) in [6.45, 7) is 5.96. The molecule has 0 atom stereocenters. The van der Waals surface area contributed by atoms with Crippen molar-refractivity contribution in [1.29, 1.82) is 0 Å². The SMILES string of the molecule is Cc1ccc(-n2nc(C(=O)Nc3cccc(Cl)c3C)nc2-c2ccc(Br)cc2)cc1C. The zero-order valence-electron chi connectivity index (χ0n) is 17.3. The van der Waals surface area contributed by atoms with Crippen LogP contribution in [0.5, 0.6) is 0 Å². The number of aryl methyl sites for hydroxylation is 2. The number of hydrogen-bond acceptors (Lipinski definition) is 3. The third-order valence-electron chi connectivity index (χ3n) is 5.16. The lowest BCUT2D eigenvalue weighted by Crippen LogP contribution is -2.15. The largest absolute Gasteiger partial charge is 0.319 e. The minimum atomic E-state index is -0.397. The van der Waals surface area contributed by atoms with E-state index in [0.29, 0.717) is 16.5 Å². The molecular formula is C24H20BrClN4O. The summed E-state index contributed by atoms with van der Waals surface area (Å²) in [5, 5.41) is 8.00. The van der Waals surface area contributed by atoms with Gasteiger partial charge in [0.25, 0.3) is 5.91 Å². The minimum absolute atomic E-state index is 0.0792. The van der Waals surface area contributed by atoms with Crippen molar-refractivity contribution in [2.45, 2.75) is 20.8 Å². The summed E-state index contributed by atoms with van der Waals surface area (Å²) in [6.07, 6.45) is 0. The third kappa shape index (κ3) is 4.40. The molecule has 3 aromatic carbocycles. The fourth-order valence-electron chi connectivity index (χ4n) is 3.15. The first-order valence-electron chi connectivity index (χ1n) is 9.70. The molecule has 4 rings (SSSR count). The Hall–Kier alpha value is -2.96. The van der Waals surface area contributed by atoms with Gasteiger partial charge in [-0.3, -0.25) is 4.79 Å². The van der Waals surface area contributed by atoms with E-state index in [1.807, 2.05) is 56.3 Å². The fraction of sp³-hybridized carbons (Fsp3) is 0.125. The van der Waals surface area contributed by atoms with Crippen molar-refractivity contribution in [3.8, 4) is 17.1 Å². The standard InChI is InChI=1S/C24H20BrClN4O/c1-14-7-12-19(13-15(14)2)30-23(17-8-10-18(25)11-9-17)28-22(29-30)24(31)27-21-6-4-5-20(26)16(21)3/h4-13H,1-3H3,(H,27,31). The monoisotopic (exact) mass is 494 g/mol. The molecule has 1 aromatic heterocycles. The van der Waals surface area contributed by atoms with Crippen molar-refractivity contribution in [2.24, 2.45) is 0 Å². The van der Waals surface area contributed by atoms with Gasteiger partial charge in [0.15, 0.2) is 5.82 Å². The number of aromatic nitrogens is 3. The molecule has 1 N–H and O–H groups in total. The Morgan fingerprint density at radius 3 is 2.45 bits per heavy atom. The highest BCUT2D eigenvalue weighted by molar-refractivity contribution is 9.10. The quantitative estimate of drug-likeness (QED) is 0.350. The molecule has 0 bridgehead atoms. The molecule has 0 aliphatic heterocycles. The normalized spacial score (nSPS) is 10.9. The van der Waals surface area contributed by atoms with Crippen LogP contribution in [-0.4, -0.2) is 20.7 Å². The minimum Gasteiger partial charge on any atom is -0.319 e. The van der Waals surface area contributed by atoms with Crippen LogP contribution in [0.15, 0.2) is 65.1 Å². The Morgan fingerprint density at radius 1 is 1.00 bits per heavy atom. The molecule has 0 aliphatic carbocycles. The molecule has 5 nitrogen and oxygen atoms in total. The first-order chi connectivity index (χ1) is 14.8. The summed E-state index contributed by atoms with van der Waals surface area (Å²) in [7, 11) is 0. The molecule has 0 unspecified atom stereocenters. The number of benzene rings is 3. The maximum absolute atomic E-state index is 13.0. The molecular weight excluding hydrogens is 476 g/mol. The number of nitrogens with one attached hydrogen (secondary N) is 1. The molecule has 0 radical (unpaired) electrons. The van der Waals surface area contributed by atoms with E-state index in [0.717, 1.165) is 26.9 Å². The van der Waals surface area contributed by atoms with Gasteiger partial charge in [0.1, 0.15) is 0 Å². The number of carbonyl (C=O) groups is 1. The third-order valence-corrected chi connectivity index (χ3v) is 6.10. The molecule has 0 aliphatic rings. The van der Waals surface area contributed by atoms with E-state index < -0.39 is 5.91 Å². The topological polar surface area (TPSA) is 59.8 Å². The van der Waals surface area contributed by atoms with Crippen LogP contribution in [-0.2, 0) is 0 Å². The van der Waals surface area contributed by atoms with Crippen LogP contribution in [0.4, 0.5) is 5.69 Å². The lowest BCUT2D eigenvalue weighted by Gasteiger charge is -2.08. The Labute approximate surface area is 194 Å². The fourth-order valence-corrected chi connectivity index (χ4v) is 3.59. The summed E-state index contributed by atoms with van der Waals surface area (Å²) in [6, 6.07) is 19.2. The van der Waals surface area contributed by atoms with Gasteiger partial charge in [0.2, 0.25) is 5.82 Å². The number of nitrogens with zero attached hydrogens (tertiary/aromatic N) is 3. The van der Waals surface area contributed by atoms with E-state index in [9.17, 15) is 4.79 Å². The van der Waals surface area contributed by atoms with Crippen LogP contribution < -0.4 is 5.32 Å². The van der Waals surface area contributed by atoms with Gasteiger partial charge in [-0.15, -0.1) is 5.10 Å².